The van der Waals surface area contributed by atoms with Crippen molar-refractivity contribution in [2.24, 2.45) is 7.05 Å². The maximum atomic E-state index is 11.9. The van der Waals surface area contributed by atoms with Crippen LogP contribution in [0, 0.1) is 0 Å². The van der Waals surface area contributed by atoms with Crippen LogP contribution in [0.4, 0.5) is 10.6 Å². The van der Waals surface area contributed by atoms with E-state index >= 15 is 0 Å². The summed E-state index contributed by atoms with van der Waals surface area (Å²) in [6.07, 6.45) is 6.01. The number of amides is 1. The molecule has 0 radical (unpaired) electrons. The van der Waals surface area contributed by atoms with Crippen LogP contribution in [0.5, 0.6) is 5.75 Å². The van der Waals surface area contributed by atoms with Gasteiger partial charge in [-0.2, -0.15) is 0 Å². The van der Waals surface area contributed by atoms with Gasteiger partial charge in [-0.25, -0.2) is 14.8 Å². The number of hydrogen-bond donors (Lipinski definition) is 0. The predicted octanol–water partition coefficient (Wildman–Crippen LogP) is 2.73. The lowest BCUT2D eigenvalue weighted by Crippen LogP contribution is -2.31. The Morgan fingerprint density at radius 3 is 3.00 bits per heavy atom. The third-order valence-corrected chi connectivity index (χ3v) is 3.81. The van der Waals surface area contributed by atoms with Gasteiger partial charge < -0.3 is 14.0 Å². The Balaban J connectivity index is 2.01. The third-order valence-electron chi connectivity index (χ3n) is 3.81. The first-order valence-corrected chi connectivity index (χ1v) is 7.80. The van der Waals surface area contributed by atoms with Crippen LogP contribution in [0.15, 0.2) is 24.7 Å². The number of nitrogens with zero attached hydrogens (tertiary/aromatic N) is 4. The molecule has 0 saturated heterocycles. The summed E-state index contributed by atoms with van der Waals surface area (Å²) >= 11 is 0. The van der Waals surface area contributed by atoms with E-state index in [1.807, 2.05) is 36.9 Å². The molecule has 0 unspecified atom stereocenters. The lowest BCUT2D eigenvalue weighted by Gasteiger charge is -2.23. The first kappa shape index (κ1) is 16.0. The second-order valence-corrected chi connectivity index (χ2v) is 5.46. The van der Waals surface area contributed by atoms with E-state index in [9.17, 15) is 4.79 Å². The molecule has 0 N–H and O–H groups in total. The molecule has 126 valence electrons. The normalized spacial score (nSPS) is 14.9. The molecule has 1 amide bonds. The number of aromatic nitrogens is 3. The smallest absolute Gasteiger partial charge is 0.415 e. The number of rotatable bonds is 3. The molecular formula is C17H20N4O3. The Morgan fingerprint density at radius 1 is 1.50 bits per heavy atom. The Morgan fingerprint density at radius 2 is 2.33 bits per heavy atom. The molecule has 1 aliphatic heterocycles. The van der Waals surface area contributed by atoms with E-state index in [0.717, 1.165) is 23.4 Å². The number of fused-ring (bicyclic) bond motifs is 1. The summed E-state index contributed by atoms with van der Waals surface area (Å²) < 4.78 is 12.4. The highest BCUT2D eigenvalue weighted by atomic mass is 16.5. The zero-order valence-electron chi connectivity index (χ0n) is 14.0. The second kappa shape index (κ2) is 6.74. The molecule has 0 spiro atoms. The van der Waals surface area contributed by atoms with Gasteiger partial charge in [0.25, 0.3) is 0 Å². The van der Waals surface area contributed by atoms with Crippen LogP contribution < -0.4 is 9.64 Å². The molecule has 0 atom stereocenters. The number of imidazole rings is 1. The van der Waals surface area contributed by atoms with Gasteiger partial charge in [-0.3, -0.25) is 4.90 Å². The summed E-state index contributed by atoms with van der Waals surface area (Å²) in [5.74, 6) is 1.26. The summed E-state index contributed by atoms with van der Waals surface area (Å²) in [5, 5.41) is 0. The first-order valence-electron chi connectivity index (χ1n) is 7.80. The molecule has 3 heterocycles. The second-order valence-electron chi connectivity index (χ2n) is 5.46. The minimum atomic E-state index is -0.433. The van der Waals surface area contributed by atoms with Crippen LogP contribution in [0.25, 0.3) is 11.6 Å². The number of aryl methyl sites for hydroxylation is 1. The monoisotopic (exact) mass is 328 g/mol. The van der Waals surface area contributed by atoms with E-state index in [1.165, 1.54) is 12.0 Å². The minimum absolute atomic E-state index is 0.433. The Kier molecular flexibility index (Phi) is 4.50. The molecule has 3 rings (SSSR count). The molecule has 2 aromatic heterocycles. The molecule has 7 heteroatoms. The number of carbonyl (C=O) groups excluding carboxylic acids is 1. The van der Waals surface area contributed by atoms with E-state index in [1.54, 1.807) is 12.4 Å². The van der Waals surface area contributed by atoms with Crippen molar-refractivity contribution in [3.63, 3.8) is 0 Å². The maximum Gasteiger partial charge on any atom is 0.415 e. The van der Waals surface area contributed by atoms with Crippen molar-refractivity contribution < 1.29 is 14.3 Å². The molecule has 0 aliphatic carbocycles. The minimum Gasteiger partial charge on any atom is -0.491 e. The van der Waals surface area contributed by atoms with Gasteiger partial charge in [0.15, 0.2) is 0 Å². The molecule has 2 aromatic rings. The van der Waals surface area contributed by atoms with Gasteiger partial charge in [0.05, 0.1) is 25.7 Å². The van der Waals surface area contributed by atoms with Crippen molar-refractivity contribution in [3.8, 4) is 5.75 Å². The van der Waals surface area contributed by atoms with Crippen molar-refractivity contribution in [3.05, 3.63) is 36.0 Å². The van der Waals surface area contributed by atoms with Crippen molar-refractivity contribution >= 4 is 23.6 Å². The standard InChI is InChI=1S/C17H20N4O3/c1-4-21(17(22)23-3)15-6-5-14-16(19-15)12(7-8-24-14)9-13-10-20(2)11-18-13/h5-6,9-11H,4,7-8H2,1-3H3/b12-9+. The van der Waals surface area contributed by atoms with Crippen LogP contribution in [0.3, 0.4) is 0 Å². The van der Waals surface area contributed by atoms with Gasteiger partial charge in [-0.1, -0.05) is 0 Å². The number of carbonyl (C=O) groups is 1. The van der Waals surface area contributed by atoms with E-state index in [2.05, 4.69) is 9.97 Å². The van der Waals surface area contributed by atoms with E-state index in [4.69, 9.17) is 9.47 Å². The average Bonchev–Trinajstić information content (AvgIpc) is 3.00. The zero-order chi connectivity index (χ0) is 17.1. The fourth-order valence-corrected chi connectivity index (χ4v) is 2.64. The van der Waals surface area contributed by atoms with Crippen LogP contribution in [-0.2, 0) is 11.8 Å². The quantitative estimate of drug-likeness (QED) is 0.866. The highest BCUT2D eigenvalue weighted by molar-refractivity contribution is 5.88. The molecule has 0 bridgehead atoms. The topological polar surface area (TPSA) is 69.5 Å². The SMILES string of the molecule is CCN(C(=O)OC)c1ccc2c(n1)/C(=C/c1cn(C)cn1)CCO2. The fraction of sp³-hybridized carbons (Fsp3) is 0.353. The van der Waals surface area contributed by atoms with Crippen molar-refractivity contribution in [2.75, 3.05) is 25.2 Å². The summed E-state index contributed by atoms with van der Waals surface area (Å²) in [7, 11) is 3.29. The lowest BCUT2D eigenvalue weighted by molar-refractivity contribution is 0.179. The Labute approximate surface area is 140 Å². The molecular weight excluding hydrogens is 308 g/mol. The van der Waals surface area contributed by atoms with Gasteiger partial charge in [0, 0.05) is 26.2 Å². The first-order chi connectivity index (χ1) is 11.6. The zero-order valence-corrected chi connectivity index (χ0v) is 14.0. The largest absolute Gasteiger partial charge is 0.491 e. The Bertz CT molecular complexity index is 782. The lowest BCUT2D eigenvalue weighted by atomic mass is 10.0. The molecule has 24 heavy (non-hydrogen) atoms. The van der Waals surface area contributed by atoms with Gasteiger partial charge in [0.2, 0.25) is 0 Å². The molecule has 0 saturated carbocycles. The summed E-state index contributed by atoms with van der Waals surface area (Å²) in [6.45, 7) is 2.94. The number of pyridine rings is 1. The number of hydrogen-bond acceptors (Lipinski definition) is 5. The van der Waals surface area contributed by atoms with Crippen LogP contribution in [0.2, 0.25) is 0 Å². The summed E-state index contributed by atoms with van der Waals surface area (Å²) in [5.41, 5.74) is 2.65. The summed E-state index contributed by atoms with van der Waals surface area (Å²) in [4.78, 5) is 22.3. The number of anilines is 1. The van der Waals surface area contributed by atoms with Crippen LogP contribution in [-0.4, -0.2) is 40.9 Å². The Hall–Kier alpha value is -2.83. The highest BCUT2D eigenvalue weighted by Crippen LogP contribution is 2.34. The molecule has 7 nitrogen and oxygen atoms in total. The summed E-state index contributed by atoms with van der Waals surface area (Å²) in [6, 6.07) is 3.61. The fourth-order valence-electron chi connectivity index (χ4n) is 2.64. The number of methoxy groups -OCH3 is 1. The van der Waals surface area contributed by atoms with E-state index in [-0.39, 0.29) is 0 Å². The maximum absolute atomic E-state index is 11.9. The highest BCUT2D eigenvalue weighted by Gasteiger charge is 2.22. The van der Waals surface area contributed by atoms with Crippen LogP contribution in [0.1, 0.15) is 24.7 Å². The molecule has 0 aromatic carbocycles. The van der Waals surface area contributed by atoms with E-state index in [0.29, 0.717) is 24.7 Å². The third kappa shape index (κ3) is 3.10. The van der Waals surface area contributed by atoms with Gasteiger partial charge in [-0.05, 0) is 30.7 Å². The van der Waals surface area contributed by atoms with Crippen LogP contribution >= 0.6 is 0 Å². The van der Waals surface area contributed by atoms with Gasteiger partial charge in [0.1, 0.15) is 17.3 Å². The number of ether oxygens (including phenoxy) is 2. The van der Waals surface area contributed by atoms with Crippen molar-refractivity contribution in [1.82, 2.24) is 14.5 Å². The van der Waals surface area contributed by atoms with Crippen molar-refractivity contribution in [2.45, 2.75) is 13.3 Å². The van der Waals surface area contributed by atoms with Crippen molar-refractivity contribution in [1.29, 1.82) is 0 Å². The van der Waals surface area contributed by atoms with E-state index < -0.39 is 6.09 Å². The van der Waals surface area contributed by atoms with Gasteiger partial charge in [-0.15, -0.1) is 0 Å². The molecule has 1 aliphatic rings. The average molecular weight is 328 g/mol. The predicted molar refractivity (Wildman–Crippen MR) is 90.9 cm³/mol. The molecule has 0 fully saturated rings. The van der Waals surface area contributed by atoms with Gasteiger partial charge >= 0.3 is 6.09 Å².